The second-order valence-electron chi connectivity index (χ2n) is 6.91. The maximum atomic E-state index is 11.3. The number of sulfone groups is 1. The van der Waals surface area contributed by atoms with Crippen LogP contribution in [-0.4, -0.2) is 51.6 Å². The van der Waals surface area contributed by atoms with Gasteiger partial charge in [0.25, 0.3) is 0 Å². The maximum absolute atomic E-state index is 11.3. The number of nitrogens with zero attached hydrogens (tertiary/aromatic N) is 2. The van der Waals surface area contributed by atoms with E-state index in [1.807, 2.05) is 24.3 Å². The molecule has 0 bridgehead atoms. The molecule has 1 heterocycles. The number of carbonyl (C=O) groups is 1. The van der Waals surface area contributed by atoms with Crippen molar-refractivity contribution in [3.05, 3.63) is 35.4 Å². The lowest BCUT2D eigenvalue weighted by molar-refractivity contribution is -0.119. The molecule has 1 atom stereocenters. The molecule has 152 valence electrons. The normalized spacial score (nSPS) is 17.9. The molecule has 0 aliphatic carbocycles. The zero-order chi connectivity index (χ0) is 19.2. The van der Waals surface area contributed by atoms with Gasteiger partial charge in [0, 0.05) is 39.4 Å². The zero-order valence-corrected chi connectivity index (χ0v) is 19.0. The number of primary amides is 1. The van der Waals surface area contributed by atoms with Gasteiger partial charge in [0.15, 0.2) is 15.8 Å². The van der Waals surface area contributed by atoms with Gasteiger partial charge in [0.1, 0.15) is 0 Å². The zero-order valence-electron chi connectivity index (χ0n) is 15.8. The second-order valence-corrected chi connectivity index (χ2v) is 9.05. The van der Waals surface area contributed by atoms with Crippen LogP contribution in [0.25, 0.3) is 0 Å². The molecule has 0 radical (unpaired) electrons. The third kappa shape index (κ3) is 8.46. The van der Waals surface area contributed by atoms with Gasteiger partial charge in [-0.1, -0.05) is 24.3 Å². The summed E-state index contributed by atoms with van der Waals surface area (Å²) in [5.41, 5.74) is 7.15. The van der Waals surface area contributed by atoms with Crippen LogP contribution in [0.15, 0.2) is 29.3 Å². The lowest BCUT2D eigenvalue weighted by atomic mass is 9.95. The average molecular weight is 508 g/mol. The molecule has 2 rings (SSSR count). The smallest absolute Gasteiger partial charge is 0.217 e. The molecular weight excluding hydrogens is 479 g/mol. The van der Waals surface area contributed by atoms with Crippen molar-refractivity contribution in [2.24, 2.45) is 16.6 Å². The molecule has 7 nitrogen and oxygen atoms in total. The van der Waals surface area contributed by atoms with E-state index in [2.05, 4.69) is 15.2 Å². The van der Waals surface area contributed by atoms with Crippen LogP contribution in [-0.2, 0) is 26.9 Å². The van der Waals surface area contributed by atoms with Gasteiger partial charge in [0.05, 0.1) is 5.75 Å². The van der Waals surface area contributed by atoms with E-state index in [9.17, 15) is 13.2 Å². The first-order valence-electron chi connectivity index (χ1n) is 8.76. The molecule has 3 N–H and O–H groups in total. The molecule has 1 aliphatic rings. The van der Waals surface area contributed by atoms with Gasteiger partial charge in [-0.15, -0.1) is 24.0 Å². The van der Waals surface area contributed by atoms with E-state index >= 15 is 0 Å². The van der Waals surface area contributed by atoms with Crippen molar-refractivity contribution in [1.82, 2.24) is 10.2 Å². The number of nitrogens with two attached hydrogens (primary N) is 1. The number of nitrogens with one attached hydrogen (secondary N) is 1. The number of carbonyl (C=O) groups excluding carboxylic acids is 1. The van der Waals surface area contributed by atoms with Gasteiger partial charge in [-0.2, -0.15) is 0 Å². The van der Waals surface area contributed by atoms with Gasteiger partial charge in [-0.05, 0) is 29.9 Å². The Morgan fingerprint density at radius 2 is 1.93 bits per heavy atom. The van der Waals surface area contributed by atoms with Gasteiger partial charge < -0.3 is 16.0 Å². The standard InChI is InChI=1S/C18H28N4O3S.HI/c1-20-18(22-9-3-4-16(12-22)10-17(19)23)21-11-14-5-7-15(8-6-14)13-26(2,24)25;/h5-8,16H,3-4,9-13H2,1-2H3,(H2,19,23)(H,20,21);1H. The van der Waals surface area contributed by atoms with Crippen LogP contribution in [0.1, 0.15) is 30.4 Å². The fourth-order valence-corrected chi connectivity index (χ4v) is 4.08. The maximum Gasteiger partial charge on any atom is 0.217 e. The molecular formula is C18H29IN4O3S. The summed E-state index contributed by atoms with van der Waals surface area (Å²) >= 11 is 0. The first kappa shape index (κ1) is 23.7. The summed E-state index contributed by atoms with van der Waals surface area (Å²) in [4.78, 5) is 17.7. The number of halogens is 1. The van der Waals surface area contributed by atoms with Crippen LogP contribution in [0, 0.1) is 5.92 Å². The summed E-state index contributed by atoms with van der Waals surface area (Å²) in [6, 6.07) is 7.52. The molecule has 1 fully saturated rings. The Kier molecular flexibility index (Phi) is 9.51. The van der Waals surface area contributed by atoms with Crippen molar-refractivity contribution < 1.29 is 13.2 Å². The number of piperidine rings is 1. The minimum Gasteiger partial charge on any atom is -0.370 e. The third-order valence-electron chi connectivity index (χ3n) is 4.42. The van der Waals surface area contributed by atoms with E-state index in [1.54, 1.807) is 7.05 Å². The van der Waals surface area contributed by atoms with E-state index in [1.165, 1.54) is 6.26 Å². The summed E-state index contributed by atoms with van der Waals surface area (Å²) in [6.45, 7) is 2.28. The number of rotatable bonds is 6. The number of guanidine groups is 1. The first-order chi connectivity index (χ1) is 12.3. The van der Waals surface area contributed by atoms with Crippen molar-refractivity contribution >= 4 is 45.7 Å². The molecule has 1 unspecified atom stereocenters. The van der Waals surface area contributed by atoms with Crippen molar-refractivity contribution in [1.29, 1.82) is 0 Å². The van der Waals surface area contributed by atoms with E-state index in [0.717, 1.165) is 43.0 Å². The first-order valence-corrected chi connectivity index (χ1v) is 10.8. The van der Waals surface area contributed by atoms with Crippen LogP contribution >= 0.6 is 24.0 Å². The number of hydrogen-bond donors (Lipinski definition) is 2. The number of amides is 1. The Hall–Kier alpha value is -1.36. The lowest BCUT2D eigenvalue weighted by Crippen LogP contribution is -2.46. The predicted molar refractivity (Wildman–Crippen MR) is 119 cm³/mol. The van der Waals surface area contributed by atoms with Gasteiger partial charge in [0.2, 0.25) is 5.91 Å². The topological polar surface area (TPSA) is 105 Å². The molecule has 1 saturated heterocycles. The van der Waals surface area contributed by atoms with Crippen LogP contribution < -0.4 is 11.1 Å². The van der Waals surface area contributed by atoms with Gasteiger partial charge in [-0.25, -0.2) is 8.42 Å². The van der Waals surface area contributed by atoms with Crippen LogP contribution in [0.4, 0.5) is 0 Å². The number of benzene rings is 1. The van der Waals surface area contributed by atoms with E-state index < -0.39 is 9.84 Å². The summed E-state index contributed by atoms with van der Waals surface area (Å²) in [5.74, 6) is 0.876. The summed E-state index contributed by atoms with van der Waals surface area (Å²) in [5, 5.41) is 3.34. The number of aliphatic imine (C=N–C) groups is 1. The summed E-state index contributed by atoms with van der Waals surface area (Å²) < 4.78 is 22.7. The third-order valence-corrected chi connectivity index (χ3v) is 5.28. The Labute approximate surface area is 178 Å². The Balaban J connectivity index is 0.00000364. The molecule has 1 aromatic carbocycles. The highest BCUT2D eigenvalue weighted by atomic mass is 127. The highest BCUT2D eigenvalue weighted by molar-refractivity contribution is 14.0. The van der Waals surface area contributed by atoms with Crippen molar-refractivity contribution in [3.63, 3.8) is 0 Å². The molecule has 0 aromatic heterocycles. The Morgan fingerprint density at radius 3 is 2.48 bits per heavy atom. The quantitative estimate of drug-likeness (QED) is 0.345. The van der Waals surface area contributed by atoms with E-state index in [-0.39, 0.29) is 41.6 Å². The highest BCUT2D eigenvalue weighted by Crippen LogP contribution is 2.19. The molecule has 1 amide bonds. The summed E-state index contributed by atoms with van der Waals surface area (Å²) in [6.07, 6.45) is 3.67. The minimum absolute atomic E-state index is 0. The van der Waals surface area contributed by atoms with Gasteiger partial charge >= 0.3 is 0 Å². The second kappa shape index (κ2) is 10.8. The molecule has 0 saturated carbocycles. The molecule has 9 heteroatoms. The fourth-order valence-electron chi connectivity index (χ4n) is 3.28. The van der Waals surface area contributed by atoms with Crippen LogP contribution in [0.3, 0.4) is 0 Å². The average Bonchev–Trinajstić information content (AvgIpc) is 2.55. The fraction of sp³-hybridized carbons (Fsp3) is 0.556. The Bertz CT molecular complexity index is 750. The summed E-state index contributed by atoms with van der Waals surface area (Å²) in [7, 11) is -1.28. The Morgan fingerprint density at radius 1 is 1.30 bits per heavy atom. The molecule has 1 aromatic rings. The van der Waals surface area contributed by atoms with Gasteiger partial charge in [-0.3, -0.25) is 9.79 Å². The molecule has 1 aliphatic heterocycles. The largest absolute Gasteiger partial charge is 0.370 e. The molecule has 0 spiro atoms. The highest BCUT2D eigenvalue weighted by Gasteiger charge is 2.23. The van der Waals surface area contributed by atoms with Crippen LogP contribution in [0.5, 0.6) is 0 Å². The SMILES string of the molecule is CN=C(NCc1ccc(CS(C)(=O)=O)cc1)N1CCCC(CC(N)=O)C1.I. The monoisotopic (exact) mass is 508 g/mol. The minimum atomic E-state index is -3.02. The number of hydrogen-bond acceptors (Lipinski definition) is 4. The predicted octanol–water partition coefficient (Wildman–Crippen LogP) is 1.51. The van der Waals surface area contributed by atoms with Crippen molar-refractivity contribution in [2.45, 2.75) is 31.6 Å². The van der Waals surface area contributed by atoms with Crippen molar-refractivity contribution in [2.75, 3.05) is 26.4 Å². The van der Waals surface area contributed by atoms with Crippen LogP contribution in [0.2, 0.25) is 0 Å². The number of likely N-dealkylation sites (tertiary alicyclic amines) is 1. The van der Waals surface area contributed by atoms with E-state index in [4.69, 9.17) is 5.73 Å². The van der Waals surface area contributed by atoms with Crippen molar-refractivity contribution in [3.8, 4) is 0 Å². The van der Waals surface area contributed by atoms with E-state index in [0.29, 0.717) is 13.0 Å². The molecule has 27 heavy (non-hydrogen) atoms. The lowest BCUT2D eigenvalue weighted by Gasteiger charge is -2.34.